The molecule has 0 saturated carbocycles. The van der Waals surface area contributed by atoms with E-state index in [2.05, 4.69) is 0 Å². The molecule has 0 radical (unpaired) electrons. The molecule has 0 amide bonds. The zero-order valence-electron chi connectivity index (χ0n) is 8.34. The minimum absolute atomic E-state index is 0. The van der Waals surface area contributed by atoms with Gasteiger partial charge in [0.2, 0.25) is 0 Å². The molecule has 0 unspecified atom stereocenters. The summed E-state index contributed by atoms with van der Waals surface area (Å²) in [4.78, 5) is 12.3. The number of aliphatic carboxylic acids is 1. The fourth-order valence-electron chi connectivity index (χ4n) is 1.26. The number of ether oxygens (including phenoxy) is 1. The third-order valence-corrected chi connectivity index (χ3v) is 1.95. The molecule has 1 aliphatic rings. The Bertz CT molecular complexity index is 288. The molecule has 0 atom stereocenters. The van der Waals surface area contributed by atoms with Gasteiger partial charge in [-0.05, 0) is 12.2 Å². The number of nitrogens with zero attached hydrogens (tertiary/aromatic N) is 1. The van der Waals surface area contributed by atoms with Gasteiger partial charge in [-0.3, -0.25) is 0 Å². The van der Waals surface area contributed by atoms with Crippen LogP contribution in [0.2, 0.25) is 0 Å². The summed E-state index contributed by atoms with van der Waals surface area (Å²) in [7, 11) is 1.51. The van der Waals surface area contributed by atoms with E-state index in [1.807, 2.05) is 0 Å². The lowest BCUT2D eigenvalue weighted by Crippen LogP contribution is -2.32. The highest BCUT2D eigenvalue weighted by molar-refractivity contribution is 5.87. The molecule has 0 aromatic carbocycles. The molecule has 0 fully saturated rings. The molecule has 0 spiro atoms. The Labute approximate surface area is 94.1 Å². The minimum Gasteiger partial charge on any atom is -0.482 e. The summed E-state index contributed by atoms with van der Waals surface area (Å²) in [5.41, 5.74) is 0.291. The van der Waals surface area contributed by atoms with Crippen molar-refractivity contribution in [1.82, 2.24) is 4.90 Å². The molecule has 5 nitrogen and oxygen atoms in total. The second-order valence-electron chi connectivity index (χ2n) is 2.85. The van der Waals surface area contributed by atoms with Crippen LogP contribution < -0.4 is 0 Å². The first kappa shape index (κ1) is 13.8. The third kappa shape index (κ3) is 3.45. The van der Waals surface area contributed by atoms with E-state index in [4.69, 9.17) is 14.9 Å². The van der Waals surface area contributed by atoms with Crippen LogP contribution in [-0.4, -0.2) is 47.9 Å². The fraction of sp³-hybridized carbons (Fsp3) is 0.444. The number of carbonyl (C=O) groups is 1. The van der Waals surface area contributed by atoms with Crippen molar-refractivity contribution in [2.45, 2.75) is 0 Å². The molecule has 1 rings (SSSR count). The number of rotatable bonds is 4. The van der Waals surface area contributed by atoms with Crippen molar-refractivity contribution >= 4 is 18.4 Å². The Kier molecular flexibility index (Phi) is 5.81. The van der Waals surface area contributed by atoms with Crippen LogP contribution in [0.15, 0.2) is 23.6 Å². The first-order valence-corrected chi connectivity index (χ1v) is 4.23. The van der Waals surface area contributed by atoms with Gasteiger partial charge < -0.3 is 19.8 Å². The molecule has 6 heteroatoms. The monoisotopic (exact) mass is 235 g/mol. The van der Waals surface area contributed by atoms with Crippen molar-refractivity contribution in [2.75, 3.05) is 26.8 Å². The lowest BCUT2D eigenvalue weighted by atomic mass is 10.2. The van der Waals surface area contributed by atoms with Gasteiger partial charge in [0.1, 0.15) is 0 Å². The van der Waals surface area contributed by atoms with Crippen LogP contribution in [0.4, 0.5) is 0 Å². The average molecular weight is 236 g/mol. The maximum Gasteiger partial charge on any atom is 0.333 e. The molecule has 0 aliphatic carbocycles. The summed E-state index contributed by atoms with van der Waals surface area (Å²) in [5, 5.41) is 17.5. The topological polar surface area (TPSA) is 70.0 Å². The number of carboxylic acid groups (broad SMARTS) is 1. The first-order valence-electron chi connectivity index (χ1n) is 4.23. The van der Waals surface area contributed by atoms with E-state index < -0.39 is 5.97 Å². The second kappa shape index (κ2) is 6.31. The van der Waals surface area contributed by atoms with Gasteiger partial charge in [-0.2, -0.15) is 0 Å². The van der Waals surface area contributed by atoms with Gasteiger partial charge in [0.05, 0.1) is 25.8 Å². The molecule has 15 heavy (non-hydrogen) atoms. The number of halogens is 1. The van der Waals surface area contributed by atoms with Crippen molar-refractivity contribution in [3.05, 3.63) is 23.6 Å². The number of hydrogen-bond acceptors (Lipinski definition) is 4. The quantitative estimate of drug-likeness (QED) is 0.729. The Morgan fingerprint density at radius 1 is 1.60 bits per heavy atom. The molecule has 0 aromatic rings. The van der Waals surface area contributed by atoms with E-state index in [0.717, 1.165) is 0 Å². The van der Waals surface area contributed by atoms with Gasteiger partial charge in [0.25, 0.3) is 0 Å². The average Bonchev–Trinajstić information content (AvgIpc) is 2.18. The van der Waals surface area contributed by atoms with Crippen molar-refractivity contribution < 1.29 is 19.7 Å². The lowest BCUT2D eigenvalue weighted by molar-refractivity contribution is -0.133. The van der Waals surface area contributed by atoms with Gasteiger partial charge >= 0.3 is 5.97 Å². The minimum atomic E-state index is -0.945. The Balaban J connectivity index is 0.00000196. The summed E-state index contributed by atoms with van der Waals surface area (Å²) < 4.78 is 5.02. The number of aliphatic hydroxyl groups is 1. The van der Waals surface area contributed by atoms with Crippen LogP contribution in [-0.2, 0) is 9.53 Å². The highest BCUT2D eigenvalue weighted by Crippen LogP contribution is 2.14. The van der Waals surface area contributed by atoms with Gasteiger partial charge in [-0.25, -0.2) is 4.79 Å². The molecule has 1 heterocycles. The highest BCUT2D eigenvalue weighted by Gasteiger charge is 2.18. The summed E-state index contributed by atoms with van der Waals surface area (Å²) in [6, 6.07) is 0. The Morgan fingerprint density at radius 2 is 2.27 bits per heavy atom. The van der Waals surface area contributed by atoms with E-state index in [0.29, 0.717) is 18.0 Å². The number of carboxylic acids is 1. The Morgan fingerprint density at radius 3 is 2.73 bits per heavy atom. The number of hydrogen-bond donors (Lipinski definition) is 2. The van der Waals surface area contributed by atoms with Crippen molar-refractivity contribution in [3.8, 4) is 0 Å². The molecule has 86 valence electrons. The van der Waals surface area contributed by atoms with Gasteiger partial charge in [0.15, 0.2) is 5.88 Å². The van der Waals surface area contributed by atoms with Crippen LogP contribution in [0.5, 0.6) is 0 Å². The van der Waals surface area contributed by atoms with Crippen LogP contribution in [0.3, 0.4) is 0 Å². The molecule has 0 bridgehead atoms. The lowest BCUT2D eigenvalue weighted by Gasteiger charge is -2.27. The zero-order valence-corrected chi connectivity index (χ0v) is 9.16. The van der Waals surface area contributed by atoms with Gasteiger partial charge in [-0.1, -0.05) is 0 Å². The van der Waals surface area contributed by atoms with Crippen LogP contribution >= 0.6 is 12.4 Å². The van der Waals surface area contributed by atoms with Crippen molar-refractivity contribution in [1.29, 1.82) is 0 Å². The van der Waals surface area contributed by atoms with Crippen LogP contribution in [0, 0.1) is 0 Å². The standard InChI is InChI=1S/C9H13NO4.ClH/c1-14-8-3-2-7(9(12)13)6-10(8)4-5-11;/h2-3,11H,4-6H2,1H3,(H,12,13);1H. The summed E-state index contributed by atoms with van der Waals surface area (Å²) in [6.45, 7) is 0.591. The normalized spacial score (nSPS) is 14.9. The van der Waals surface area contributed by atoms with Crippen molar-refractivity contribution in [3.63, 3.8) is 0 Å². The molecule has 2 N–H and O–H groups in total. The van der Waals surface area contributed by atoms with Crippen LogP contribution in [0.25, 0.3) is 0 Å². The molecule has 0 saturated heterocycles. The number of methoxy groups -OCH3 is 1. The van der Waals surface area contributed by atoms with E-state index in [1.165, 1.54) is 13.2 Å². The zero-order chi connectivity index (χ0) is 10.6. The molecule has 0 aromatic heterocycles. The summed E-state index contributed by atoms with van der Waals surface area (Å²) in [6.07, 6.45) is 3.09. The van der Waals surface area contributed by atoms with E-state index in [1.54, 1.807) is 11.0 Å². The van der Waals surface area contributed by atoms with Crippen molar-refractivity contribution in [2.24, 2.45) is 0 Å². The number of allylic oxidation sites excluding steroid dienone is 2. The number of aliphatic hydroxyl groups excluding tert-OH is 1. The summed E-state index contributed by atoms with van der Waals surface area (Å²) in [5.74, 6) is -0.372. The molecular weight excluding hydrogens is 222 g/mol. The maximum absolute atomic E-state index is 10.7. The van der Waals surface area contributed by atoms with E-state index in [9.17, 15) is 4.79 Å². The largest absolute Gasteiger partial charge is 0.482 e. The maximum atomic E-state index is 10.7. The highest BCUT2D eigenvalue weighted by atomic mass is 35.5. The molecular formula is C9H14ClNO4. The summed E-state index contributed by atoms with van der Waals surface area (Å²) >= 11 is 0. The van der Waals surface area contributed by atoms with Crippen LogP contribution in [0.1, 0.15) is 0 Å². The molecule has 1 aliphatic heterocycles. The smallest absolute Gasteiger partial charge is 0.333 e. The predicted octanol–water partition coefficient (Wildman–Crippen LogP) is 0.215. The van der Waals surface area contributed by atoms with Gasteiger partial charge in [-0.15, -0.1) is 12.4 Å². The predicted molar refractivity (Wildman–Crippen MR) is 56.7 cm³/mol. The second-order valence-corrected chi connectivity index (χ2v) is 2.85. The Hall–Kier alpha value is -1.20. The number of β-amino-alcohol motifs (C(OH)–C–C–N with tert-alkyl or cyclic N) is 1. The van der Waals surface area contributed by atoms with E-state index in [-0.39, 0.29) is 25.6 Å². The van der Waals surface area contributed by atoms with E-state index >= 15 is 0 Å². The SMILES string of the molecule is COC1=CC=C(C(=O)O)CN1CCO.Cl. The van der Waals surface area contributed by atoms with Gasteiger partial charge in [0, 0.05) is 6.54 Å². The first-order chi connectivity index (χ1) is 6.69. The third-order valence-electron chi connectivity index (χ3n) is 1.95. The fourth-order valence-corrected chi connectivity index (χ4v) is 1.26.